The van der Waals surface area contributed by atoms with Gasteiger partial charge in [0.25, 0.3) is 11.8 Å². The van der Waals surface area contributed by atoms with E-state index < -0.39 is 8.32 Å². The molecule has 0 unspecified atom stereocenters. The summed E-state index contributed by atoms with van der Waals surface area (Å²) in [5.41, 5.74) is 0. The Labute approximate surface area is 281 Å². The Morgan fingerprint density at radius 2 is 0.596 bits per heavy atom. The Morgan fingerprint density at radius 1 is 0.383 bits per heavy atom. The highest BCUT2D eigenvalue weighted by Crippen LogP contribution is 2.03. The van der Waals surface area contributed by atoms with E-state index in [1.54, 1.807) is 0 Å². The van der Waals surface area contributed by atoms with Crippen LogP contribution in [0.25, 0.3) is 0 Å². The first-order valence-corrected chi connectivity index (χ1v) is 19.8. The molecule has 0 aromatic carbocycles. The topological polar surface area (TPSA) is 148 Å². The van der Waals surface area contributed by atoms with Crippen molar-refractivity contribution in [2.24, 2.45) is 0 Å². The van der Waals surface area contributed by atoms with Gasteiger partial charge in [-0.3, -0.25) is 14.5 Å². The van der Waals surface area contributed by atoms with Gasteiger partial charge in [0, 0.05) is 12.2 Å². The lowest BCUT2D eigenvalue weighted by molar-refractivity contribution is -0.137. The average molecular weight is 698 g/mol. The second-order valence-electron chi connectivity index (χ2n) is 10.9. The van der Waals surface area contributed by atoms with E-state index in [1.165, 1.54) is 12.2 Å². The first-order valence-electron chi connectivity index (χ1n) is 16.4. The van der Waals surface area contributed by atoms with E-state index in [0.29, 0.717) is 145 Å². The molecule has 0 radical (unpaired) electrons. The van der Waals surface area contributed by atoms with Crippen LogP contribution in [0.4, 0.5) is 0 Å². The van der Waals surface area contributed by atoms with E-state index in [4.69, 9.17) is 56.5 Å². The zero-order chi connectivity index (χ0) is 34.1. The molecular weight excluding hydrogens is 638 g/mol. The summed E-state index contributed by atoms with van der Waals surface area (Å²) in [5.74, 6) is -0.612. The Bertz CT molecular complexity index is 753. The van der Waals surface area contributed by atoms with Crippen molar-refractivity contribution < 1.29 is 66.1 Å². The highest BCUT2D eigenvalue weighted by molar-refractivity contribution is 6.69. The third-order valence-corrected chi connectivity index (χ3v) is 6.91. The van der Waals surface area contributed by atoms with Crippen LogP contribution in [0.2, 0.25) is 19.6 Å². The van der Waals surface area contributed by atoms with Crippen LogP contribution in [0.3, 0.4) is 0 Å². The first-order chi connectivity index (χ1) is 22.9. The zero-order valence-electron chi connectivity index (χ0n) is 28.8. The van der Waals surface area contributed by atoms with E-state index in [9.17, 15) is 9.59 Å². The molecule has 1 rings (SSSR count). The van der Waals surface area contributed by atoms with Crippen LogP contribution in [0.5, 0.6) is 0 Å². The van der Waals surface area contributed by atoms with Crippen LogP contribution in [-0.2, 0) is 66.1 Å². The largest absolute Gasteiger partial charge is 0.415 e. The number of hydrogen-bond acceptors (Lipinski definition) is 14. The summed E-state index contributed by atoms with van der Waals surface area (Å²) in [5, 5.41) is 0. The minimum Gasteiger partial charge on any atom is -0.415 e. The van der Waals surface area contributed by atoms with Crippen molar-refractivity contribution in [2.75, 3.05) is 159 Å². The molecule has 0 aromatic rings. The summed E-state index contributed by atoms with van der Waals surface area (Å²) in [6, 6.07) is 0. The maximum absolute atomic E-state index is 11.4. The van der Waals surface area contributed by atoms with Gasteiger partial charge in [-0.25, -0.2) is 0 Å². The van der Waals surface area contributed by atoms with Gasteiger partial charge in [0.2, 0.25) is 0 Å². The van der Waals surface area contributed by atoms with Crippen molar-refractivity contribution in [2.45, 2.75) is 19.6 Å². The second kappa shape index (κ2) is 31.9. The third-order valence-electron chi connectivity index (χ3n) is 5.84. The van der Waals surface area contributed by atoms with E-state index in [-0.39, 0.29) is 25.0 Å². The van der Waals surface area contributed by atoms with Crippen molar-refractivity contribution in [3.63, 3.8) is 0 Å². The molecule has 0 spiro atoms. The number of carbonyl (C=O) groups is 2. The van der Waals surface area contributed by atoms with Crippen molar-refractivity contribution in [3.8, 4) is 0 Å². The maximum Gasteiger partial charge on any atom is 0.253 e. The minimum atomic E-state index is -1.46. The second-order valence-corrected chi connectivity index (χ2v) is 15.4. The summed E-state index contributed by atoms with van der Waals surface area (Å²) in [7, 11) is -1.46. The first kappa shape index (κ1) is 43.6. The van der Waals surface area contributed by atoms with Gasteiger partial charge in [0.05, 0.1) is 159 Å². The fourth-order valence-electron chi connectivity index (χ4n) is 3.52. The number of amides is 2. The van der Waals surface area contributed by atoms with Gasteiger partial charge in [0.1, 0.15) is 0 Å². The SMILES string of the molecule is C[Si](C)(C)OCCOCCOCCOCCOCCOCCOCCOCCOCCOCCOCCOCCN1C(=O)C=CC1=O. The quantitative estimate of drug-likeness (QED) is 0.0515. The summed E-state index contributed by atoms with van der Waals surface area (Å²) >= 11 is 0. The van der Waals surface area contributed by atoms with E-state index in [2.05, 4.69) is 19.6 Å². The van der Waals surface area contributed by atoms with Gasteiger partial charge < -0.3 is 56.5 Å². The minimum absolute atomic E-state index is 0.240. The standard InChI is InChI=1S/C31H59NO14Si/c1-47(2,3)46-29-28-45-27-26-44-25-24-43-23-22-42-21-20-41-19-18-40-17-16-39-15-14-38-13-12-37-11-10-36-9-8-35-7-6-32-30(33)4-5-31(32)34/h4-5H,6-29H2,1-3H3. The van der Waals surface area contributed by atoms with Crippen molar-refractivity contribution >= 4 is 20.1 Å². The molecule has 0 saturated heterocycles. The molecule has 2 amide bonds. The van der Waals surface area contributed by atoms with Gasteiger partial charge >= 0.3 is 0 Å². The molecule has 0 saturated carbocycles. The predicted molar refractivity (Wildman–Crippen MR) is 174 cm³/mol. The molecule has 0 aromatic heterocycles. The average Bonchev–Trinajstić information content (AvgIpc) is 3.36. The van der Waals surface area contributed by atoms with Crippen LogP contribution < -0.4 is 0 Å². The Balaban J connectivity index is 1.63. The predicted octanol–water partition coefficient (Wildman–Crippen LogP) is 0.946. The van der Waals surface area contributed by atoms with Crippen LogP contribution >= 0.6 is 0 Å². The van der Waals surface area contributed by atoms with Crippen molar-refractivity contribution in [1.29, 1.82) is 0 Å². The molecule has 0 bridgehead atoms. The number of carbonyl (C=O) groups excluding carboxylic acids is 2. The molecule has 1 aliphatic heterocycles. The highest BCUT2D eigenvalue weighted by atomic mass is 28.4. The number of rotatable bonds is 37. The molecule has 0 fully saturated rings. The lowest BCUT2D eigenvalue weighted by atomic mass is 10.5. The van der Waals surface area contributed by atoms with Crippen LogP contribution in [0, 0.1) is 0 Å². The number of imide groups is 1. The van der Waals surface area contributed by atoms with Crippen molar-refractivity contribution in [3.05, 3.63) is 12.2 Å². The van der Waals surface area contributed by atoms with Gasteiger partial charge in [-0.05, 0) is 19.6 Å². The van der Waals surface area contributed by atoms with E-state index in [1.807, 2.05) is 0 Å². The molecule has 0 aliphatic carbocycles. The van der Waals surface area contributed by atoms with Gasteiger partial charge in [0.15, 0.2) is 8.32 Å². The Morgan fingerprint density at radius 3 is 0.830 bits per heavy atom. The molecule has 16 heteroatoms. The molecule has 1 heterocycles. The van der Waals surface area contributed by atoms with Gasteiger partial charge in [-0.1, -0.05) is 0 Å². The van der Waals surface area contributed by atoms with Crippen molar-refractivity contribution in [1.82, 2.24) is 4.90 Å². The fourth-order valence-corrected chi connectivity index (χ4v) is 4.21. The number of nitrogens with zero attached hydrogens (tertiary/aromatic N) is 1. The molecule has 0 N–H and O–H groups in total. The summed E-state index contributed by atoms with van der Waals surface area (Å²) in [6.07, 6.45) is 2.51. The van der Waals surface area contributed by atoms with Crippen LogP contribution in [-0.4, -0.2) is 184 Å². The molecule has 47 heavy (non-hydrogen) atoms. The smallest absolute Gasteiger partial charge is 0.253 e. The molecule has 15 nitrogen and oxygen atoms in total. The number of ether oxygens (including phenoxy) is 11. The number of hydrogen-bond donors (Lipinski definition) is 0. The van der Waals surface area contributed by atoms with Gasteiger partial charge in [-0.15, -0.1) is 0 Å². The molecule has 1 aliphatic rings. The van der Waals surface area contributed by atoms with Gasteiger partial charge in [-0.2, -0.15) is 0 Å². The third kappa shape index (κ3) is 30.4. The normalized spacial score (nSPS) is 13.5. The van der Waals surface area contributed by atoms with E-state index in [0.717, 1.165) is 4.90 Å². The Kier molecular flexibility index (Phi) is 29.6. The highest BCUT2D eigenvalue weighted by Gasteiger charge is 2.22. The summed E-state index contributed by atoms with van der Waals surface area (Å²) < 4.78 is 65.7. The fraction of sp³-hybridized carbons (Fsp3) is 0.871. The molecule has 0 atom stereocenters. The summed E-state index contributed by atoms with van der Waals surface area (Å²) in [6.45, 7) is 18.0. The monoisotopic (exact) mass is 697 g/mol. The zero-order valence-corrected chi connectivity index (χ0v) is 29.8. The maximum atomic E-state index is 11.4. The van der Waals surface area contributed by atoms with E-state index >= 15 is 0 Å². The van der Waals surface area contributed by atoms with Crippen LogP contribution in [0.1, 0.15) is 0 Å². The lowest BCUT2D eigenvalue weighted by Gasteiger charge is -2.16. The Hall–Kier alpha value is -1.38. The lowest BCUT2D eigenvalue weighted by Crippen LogP contribution is -2.33. The van der Waals surface area contributed by atoms with Crippen LogP contribution in [0.15, 0.2) is 12.2 Å². The molecule has 276 valence electrons. The molecular formula is C31H59NO14Si. The summed E-state index contributed by atoms with van der Waals surface area (Å²) in [4.78, 5) is 23.9.